The van der Waals surface area contributed by atoms with E-state index in [2.05, 4.69) is 4.72 Å². The number of nitrogens with one attached hydrogen (secondary N) is 1. The standard InChI is InChI=1S/C9H12FNO2S/c1-7(11-14(2,12)13)8-3-5-9(10)6-4-8/h3-7,11H,1-2H3/t7-/m0/s1. The molecule has 0 fully saturated rings. The second-order valence-electron chi connectivity index (χ2n) is 3.16. The van der Waals surface area contributed by atoms with Crippen molar-refractivity contribution in [2.45, 2.75) is 13.0 Å². The van der Waals surface area contributed by atoms with Gasteiger partial charge >= 0.3 is 0 Å². The first kappa shape index (κ1) is 11.1. The van der Waals surface area contributed by atoms with Crippen molar-refractivity contribution in [3.05, 3.63) is 35.6 Å². The summed E-state index contributed by atoms with van der Waals surface area (Å²) in [5.41, 5.74) is 0.733. The fourth-order valence-electron chi connectivity index (χ4n) is 1.14. The summed E-state index contributed by atoms with van der Waals surface area (Å²) < 4.78 is 36.7. The van der Waals surface area contributed by atoms with Crippen LogP contribution in [0.25, 0.3) is 0 Å². The van der Waals surface area contributed by atoms with Crippen LogP contribution in [-0.4, -0.2) is 14.7 Å². The Morgan fingerprint density at radius 3 is 2.21 bits per heavy atom. The van der Waals surface area contributed by atoms with Gasteiger partial charge in [0.2, 0.25) is 10.0 Å². The van der Waals surface area contributed by atoms with Crippen LogP contribution in [0.5, 0.6) is 0 Å². The molecular weight excluding hydrogens is 205 g/mol. The van der Waals surface area contributed by atoms with Crippen LogP contribution in [0.3, 0.4) is 0 Å². The highest BCUT2D eigenvalue weighted by molar-refractivity contribution is 7.88. The zero-order valence-corrected chi connectivity index (χ0v) is 8.81. The number of hydrogen-bond donors (Lipinski definition) is 1. The molecule has 0 aliphatic rings. The van der Waals surface area contributed by atoms with Gasteiger partial charge in [0.15, 0.2) is 0 Å². The molecule has 1 aromatic carbocycles. The first-order valence-corrected chi connectivity index (χ1v) is 6.00. The number of halogens is 1. The molecule has 0 amide bonds. The van der Waals surface area contributed by atoms with E-state index in [0.29, 0.717) is 0 Å². The lowest BCUT2D eigenvalue weighted by Crippen LogP contribution is -2.25. The molecule has 1 N–H and O–H groups in total. The lowest BCUT2D eigenvalue weighted by Gasteiger charge is -2.11. The Labute approximate surface area is 83.0 Å². The van der Waals surface area contributed by atoms with Crippen molar-refractivity contribution in [3.63, 3.8) is 0 Å². The van der Waals surface area contributed by atoms with Crippen LogP contribution in [-0.2, 0) is 10.0 Å². The third kappa shape index (κ3) is 3.43. The Bertz CT molecular complexity index is 399. The summed E-state index contributed by atoms with van der Waals surface area (Å²) in [7, 11) is -3.23. The molecule has 0 saturated heterocycles. The monoisotopic (exact) mass is 217 g/mol. The average molecular weight is 217 g/mol. The summed E-state index contributed by atoms with van der Waals surface area (Å²) in [6, 6.07) is 5.37. The summed E-state index contributed by atoms with van der Waals surface area (Å²) in [6.07, 6.45) is 1.09. The van der Waals surface area contributed by atoms with Gasteiger partial charge in [-0.2, -0.15) is 0 Å². The van der Waals surface area contributed by atoms with Gasteiger partial charge in [-0.05, 0) is 24.6 Å². The van der Waals surface area contributed by atoms with Crippen LogP contribution in [0, 0.1) is 5.82 Å². The molecule has 0 spiro atoms. The molecule has 3 nitrogen and oxygen atoms in total. The second-order valence-corrected chi connectivity index (χ2v) is 4.94. The van der Waals surface area contributed by atoms with E-state index in [4.69, 9.17) is 0 Å². The lowest BCUT2D eigenvalue weighted by atomic mass is 10.1. The average Bonchev–Trinajstić information content (AvgIpc) is 2.02. The van der Waals surface area contributed by atoms with Crippen LogP contribution < -0.4 is 4.72 Å². The first-order chi connectivity index (χ1) is 6.38. The fraction of sp³-hybridized carbons (Fsp3) is 0.333. The van der Waals surface area contributed by atoms with E-state index in [1.54, 1.807) is 19.1 Å². The molecule has 0 radical (unpaired) electrons. The highest BCUT2D eigenvalue weighted by atomic mass is 32.2. The molecule has 1 rings (SSSR count). The van der Waals surface area contributed by atoms with Crippen LogP contribution in [0.4, 0.5) is 4.39 Å². The van der Waals surface area contributed by atoms with Gasteiger partial charge in [0.1, 0.15) is 5.82 Å². The SMILES string of the molecule is C[C@H](NS(C)(=O)=O)c1ccc(F)cc1. The van der Waals surface area contributed by atoms with Crippen LogP contribution >= 0.6 is 0 Å². The van der Waals surface area contributed by atoms with Gasteiger partial charge in [-0.25, -0.2) is 17.5 Å². The summed E-state index contributed by atoms with van der Waals surface area (Å²) in [5.74, 6) is -0.333. The van der Waals surface area contributed by atoms with Gasteiger partial charge in [-0.15, -0.1) is 0 Å². The van der Waals surface area contributed by atoms with Crippen molar-refractivity contribution in [1.29, 1.82) is 0 Å². The smallest absolute Gasteiger partial charge is 0.209 e. The Kier molecular flexibility index (Phi) is 3.23. The Hall–Kier alpha value is -0.940. The maximum absolute atomic E-state index is 12.5. The minimum absolute atomic E-state index is 0.333. The number of benzene rings is 1. The summed E-state index contributed by atoms with van der Waals surface area (Å²) in [4.78, 5) is 0. The summed E-state index contributed by atoms with van der Waals surface area (Å²) in [6.45, 7) is 1.70. The second kappa shape index (κ2) is 4.06. The molecule has 0 aliphatic heterocycles. The molecule has 1 atom stereocenters. The molecule has 0 unspecified atom stereocenters. The van der Waals surface area contributed by atoms with Gasteiger partial charge < -0.3 is 0 Å². The van der Waals surface area contributed by atoms with E-state index >= 15 is 0 Å². The van der Waals surface area contributed by atoms with E-state index in [-0.39, 0.29) is 11.9 Å². The molecule has 0 heterocycles. The van der Waals surface area contributed by atoms with Crippen molar-refractivity contribution in [1.82, 2.24) is 4.72 Å². The maximum atomic E-state index is 12.5. The molecule has 5 heteroatoms. The normalized spacial score (nSPS) is 13.9. The van der Waals surface area contributed by atoms with Crippen molar-refractivity contribution >= 4 is 10.0 Å². The first-order valence-electron chi connectivity index (χ1n) is 4.11. The van der Waals surface area contributed by atoms with E-state index in [0.717, 1.165) is 11.8 Å². The number of hydrogen-bond acceptors (Lipinski definition) is 2. The molecule has 0 bridgehead atoms. The predicted octanol–water partition coefficient (Wildman–Crippen LogP) is 1.44. The molecular formula is C9H12FNO2S. The van der Waals surface area contributed by atoms with Crippen molar-refractivity contribution in [2.75, 3.05) is 6.26 Å². The Morgan fingerprint density at radius 2 is 1.79 bits per heavy atom. The number of sulfonamides is 1. The van der Waals surface area contributed by atoms with Gasteiger partial charge in [-0.3, -0.25) is 0 Å². The largest absolute Gasteiger partial charge is 0.213 e. The van der Waals surface area contributed by atoms with Crippen molar-refractivity contribution < 1.29 is 12.8 Å². The molecule has 0 saturated carbocycles. The van der Waals surface area contributed by atoms with Gasteiger partial charge in [0.05, 0.1) is 6.26 Å². The molecule has 1 aromatic rings. The van der Waals surface area contributed by atoms with Crippen LogP contribution in [0.1, 0.15) is 18.5 Å². The van der Waals surface area contributed by atoms with Gasteiger partial charge in [0.25, 0.3) is 0 Å². The predicted molar refractivity (Wildman–Crippen MR) is 52.8 cm³/mol. The van der Waals surface area contributed by atoms with Crippen molar-refractivity contribution in [2.24, 2.45) is 0 Å². The summed E-state index contributed by atoms with van der Waals surface area (Å²) in [5, 5.41) is 0. The van der Waals surface area contributed by atoms with E-state index in [1.165, 1.54) is 12.1 Å². The zero-order chi connectivity index (χ0) is 10.8. The topological polar surface area (TPSA) is 46.2 Å². The highest BCUT2D eigenvalue weighted by Crippen LogP contribution is 2.13. The number of rotatable bonds is 3. The van der Waals surface area contributed by atoms with Gasteiger partial charge in [-0.1, -0.05) is 12.1 Å². The third-order valence-corrected chi connectivity index (χ3v) is 2.54. The van der Waals surface area contributed by atoms with Crippen LogP contribution in [0.2, 0.25) is 0 Å². The van der Waals surface area contributed by atoms with E-state index in [9.17, 15) is 12.8 Å². The third-order valence-electron chi connectivity index (χ3n) is 1.76. The van der Waals surface area contributed by atoms with Gasteiger partial charge in [0, 0.05) is 6.04 Å². The van der Waals surface area contributed by atoms with E-state index < -0.39 is 10.0 Å². The minimum atomic E-state index is -3.23. The van der Waals surface area contributed by atoms with Crippen LogP contribution in [0.15, 0.2) is 24.3 Å². The molecule has 14 heavy (non-hydrogen) atoms. The highest BCUT2D eigenvalue weighted by Gasteiger charge is 2.10. The molecule has 0 aliphatic carbocycles. The van der Waals surface area contributed by atoms with Crippen molar-refractivity contribution in [3.8, 4) is 0 Å². The summed E-state index contributed by atoms with van der Waals surface area (Å²) >= 11 is 0. The quantitative estimate of drug-likeness (QED) is 0.832. The zero-order valence-electron chi connectivity index (χ0n) is 7.99. The lowest BCUT2D eigenvalue weighted by molar-refractivity contribution is 0.572. The minimum Gasteiger partial charge on any atom is -0.213 e. The van der Waals surface area contributed by atoms with E-state index in [1.807, 2.05) is 0 Å². The maximum Gasteiger partial charge on any atom is 0.209 e. The fourth-order valence-corrected chi connectivity index (χ4v) is 1.92. The Balaban J connectivity index is 2.80. The molecule has 0 aromatic heterocycles. The Morgan fingerprint density at radius 1 is 1.29 bits per heavy atom. The molecule has 78 valence electrons.